The minimum atomic E-state index is -0.681. The summed E-state index contributed by atoms with van der Waals surface area (Å²) < 4.78 is 0. The zero-order valence-corrected chi connectivity index (χ0v) is 11.6. The second-order valence-electron chi connectivity index (χ2n) is 5.90. The molecule has 3 unspecified atom stereocenters. The first-order valence-corrected chi connectivity index (χ1v) is 7.33. The molecule has 0 spiro atoms. The average molecular weight is 254 g/mol. The Balaban J connectivity index is 2.08. The molecule has 3 atom stereocenters. The van der Waals surface area contributed by atoms with Crippen LogP contribution in [-0.4, -0.2) is 46.7 Å². The summed E-state index contributed by atoms with van der Waals surface area (Å²) in [4.78, 5) is 14.2. The lowest BCUT2D eigenvalue weighted by Crippen LogP contribution is -2.58. The molecule has 2 fully saturated rings. The average Bonchev–Trinajstić information content (AvgIpc) is 2.76. The lowest BCUT2D eigenvalue weighted by molar-refractivity contribution is -0.147. The van der Waals surface area contributed by atoms with Crippen molar-refractivity contribution in [3.63, 3.8) is 0 Å². The Kier molecular flexibility index (Phi) is 4.28. The Morgan fingerprint density at radius 1 is 1.44 bits per heavy atom. The number of carboxylic acid groups (broad SMARTS) is 1. The van der Waals surface area contributed by atoms with Gasteiger partial charge in [0.05, 0.1) is 0 Å². The van der Waals surface area contributed by atoms with Gasteiger partial charge in [-0.15, -0.1) is 0 Å². The maximum Gasteiger partial charge on any atom is 0.323 e. The third-order valence-electron chi connectivity index (χ3n) is 4.72. The van der Waals surface area contributed by atoms with Gasteiger partial charge < -0.3 is 10.4 Å². The van der Waals surface area contributed by atoms with Gasteiger partial charge in [-0.25, -0.2) is 0 Å². The van der Waals surface area contributed by atoms with E-state index in [9.17, 15) is 9.90 Å². The molecule has 0 aromatic heterocycles. The van der Waals surface area contributed by atoms with Gasteiger partial charge in [-0.2, -0.15) is 0 Å². The highest BCUT2D eigenvalue weighted by atomic mass is 16.4. The van der Waals surface area contributed by atoms with E-state index < -0.39 is 11.5 Å². The van der Waals surface area contributed by atoms with E-state index in [4.69, 9.17) is 0 Å². The van der Waals surface area contributed by atoms with Crippen molar-refractivity contribution in [1.82, 2.24) is 10.2 Å². The van der Waals surface area contributed by atoms with E-state index in [-0.39, 0.29) is 0 Å². The topological polar surface area (TPSA) is 52.6 Å². The Hall–Kier alpha value is -0.610. The minimum absolute atomic E-state index is 0.450. The highest BCUT2D eigenvalue weighted by Gasteiger charge is 2.44. The zero-order chi connectivity index (χ0) is 13.2. The summed E-state index contributed by atoms with van der Waals surface area (Å²) in [5.74, 6) is -0.666. The molecule has 4 nitrogen and oxygen atoms in total. The molecule has 1 heterocycles. The Morgan fingerprint density at radius 3 is 2.78 bits per heavy atom. The van der Waals surface area contributed by atoms with Gasteiger partial charge in [0.25, 0.3) is 0 Å². The number of nitrogens with zero attached hydrogens (tertiary/aromatic N) is 1. The Morgan fingerprint density at radius 2 is 2.22 bits per heavy atom. The predicted molar refractivity (Wildman–Crippen MR) is 71.7 cm³/mol. The summed E-state index contributed by atoms with van der Waals surface area (Å²) >= 11 is 0. The van der Waals surface area contributed by atoms with Crippen LogP contribution in [0.25, 0.3) is 0 Å². The fourth-order valence-electron chi connectivity index (χ4n) is 3.80. The van der Waals surface area contributed by atoms with Crippen LogP contribution in [0.5, 0.6) is 0 Å². The van der Waals surface area contributed by atoms with Crippen LogP contribution in [0.15, 0.2) is 0 Å². The SMILES string of the molecule is CCNC1(C(=O)O)CCCC(N2CCCC2C)C1. The molecule has 0 amide bonds. The van der Waals surface area contributed by atoms with E-state index in [1.54, 1.807) is 0 Å². The fraction of sp³-hybridized carbons (Fsp3) is 0.929. The van der Waals surface area contributed by atoms with Gasteiger partial charge >= 0.3 is 5.97 Å². The molecule has 1 aliphatic heterocycles. The predicted octanol–water partition coefficient (Wildman–Crippen LogP) is 1.85. The molecular formula is C14H26N2O2. The lowest BCUT2D eigenvalue weighted by Gasteiger charge is -2.43. The number of hydrogen-bond acceptors (Lipinski definition) is 3. The second kappa shape index (κ2) is 5.57. The molecule has 0 radical (unpaired) electrons. The minimum Gasteiger partial charge on any atom is -0.480 e. The van der Waals surface area contributed by atoms with Gasteiger partial charge in [0.15, 0.2) is 0 Å². The molecule has 2 N–H and O–H groups in total. The molecule has 0 aromatic carbocycles. The third kappa shape index (κ3) is 2.54. The molecular weight excluding hydrogens is 228 g/mol. The van der Waals surface area contributed by atoms with Crippen LogP contribution in [0.2, 0.25) is 0 Å². The van der Waals surface area contributed by atoms with Gasteiger partial charge in [0.2, 0.25) is 0 Å². The molecule has 0 aromatic rings. The lowest BCUT2D eigenvalue weighted by atomic mass is 9.78. The van der Waals surface area contributed by atoms with Crippen LogP contribution in [0.1, 0.15) is 52.4 Å². The maximum atomic E-state index is 11.6. The second-order valence-corrected chi connectivity index (χ2v) is 5.90. The standard InChI is InChI=1S/C14H26N2O2/c1-3-15-14(13(17)18)8-4-7-12(10-14)16-9-5-6-11(16)2/h11-12,15H,3-10H2,1-2H3,(H,17,18). The molecule has 2 aliphatic rings. The van der Waals surface area contributed by atoms with Crippen molar-refractivity contribution >= 4 is 5.97 Å². The van der Waals surface area contributed by atoms with E-state index in [0.29, 0.717) is 12.1 Å². The molecule has 2 rings (SSSR count). The summed E-state index contributed by atoms with van der Waals surface area (Å²) in [7, 11) is 0. The van der Waals surface area contributed by atoms with Crippen molar-refractivity contribution in [2.75, 3.05) is 13.1 Å². The molecule has 0 bridgehead atoms. The fourth-order valence-corrected chi connectivity index (χ4v) is 3.80. The smallest absolute Gasteiger partial charge is 0.323 e. The van der Waals surface area contributed by atoms with Crippen LogP contribution in [0.3, 0.4) is 0 Å². The van der Waals surface area contributed by atoms with E-state index in [1.807, 2.05) is 6.92 Å². The number of nitrogens with one attached hydrogen (secondary N) is 1. The van der Waals surface area contributed by atoms with E-state index in [0.717, 1.165) is 38.8 Å². The number of likely N-dealkylation sites (N-methyl/N-ethyl adjacent to an activating group) is 1. The summed E-state index contributed by atoms with van der Waals surface area (Å²) in [5, 5.41) is 12.8. The highest BCUT2D eigenvalue weighted by Crippen LogP contribution is 2.34. The van der Waals surface area contributed by atoms with Gasteiger partial charge in [0, 0.05) is 12.1 Å². The van der Waals surface area contributed by atoms with Gasteiger partial charge in [-0.1, -0.05) is 6.92 Å². The van der Waals surface area contributed by atoms with Crippen LogP contribution < -0.4 is 5.32 Å². The van der Waals surface area contributed by atoms with Crippen molar-refractivity contribution in [2.24, 2.45) is 0 Å². The molecule has 1 saturated heterocycles. The van der Waals surface area contributed by atoms with Gasteiger partial charge in [0.1, 0.15) is 5.54 Å². The van der Waals surface area contributed by atoms with Crippen molar-refractivity contribution < 1.29 is 9.90 Å². The first-order valence-electron chi connectivity index (χ1n) is 7.33. The number of carboxylic acids is 1. The maximum absolute atomic E-state index is 11.6. The number of rotatable bonds is 4. The monoisotopic (exact) mass is 254 g/mol. The van der Waals surface area contributed by atoms with Crippen molar-refractivity contribution in [2.45, 2.75) is 70.0 Å². The van der Waals surface area contributed by atoms with Crippen LogP contribution in [0, 0.1) is 0 Å². The molecule has 18 heavy (non-hydrogen) atoms. The van der Waals surface area contributed by atoms with Crippen molar-refractivity contribution in [3.8, 4) is 0 Å². The van der Waals surface area contributed by atoms with Crippen molar-refractivity contribution in [1.29, 1.82) is 0 Å². The third-order valence-corrected chi connectivity index (χ3v) is 4.72. The van der Waals surface area contributed by atoms with E-state index >= 15 is 0 Å². The number of carbonyl (C=O) groups is 1. The quantitative estimate of drug-likeness (QED) is 0.804. The normalized spacial score (nSPS) is 37.9. The Bertz CT molecular complexity index is 304. The molecule has 4 heteroatoms. The van der Waals surface area contributed by atoms with Crippen LogP contribution >= 0.6 is 0 Å². The summed E-state index contributed by atoms with van der Waals surface area (Å²) in [6.07, 6.45) is 6.24. The van der Waals surface area contributed by atoms with Gasteiger partial charge in [-0.05, 0) is 58.5 Å². The number of hydrogen-bond donors (Lipinski definition) is 2. The van der Waals surface area contributed by atoms with Gasteiger partial charge in [-0.3, -0.25) is 9.69 Å². The number of likely N-dealkylation sites (tertiary alicyclic amines) is 1. The molecule has 1 saturated carbocycles. The molecule has 104 valence electrons. The van der Waals surface area contributed by atoms with Crippen LogP contribution in [0.4, 0.5) is 0 Å². The largest absolute Gasteiger partial charge is 0.480 e. The van der Waals surface area contributed by atoms with Crippen molar-refractivity contribution in [3.05, 3.63) is 0 Å². The number of aliphatic carboxylic acids is 1. The zero-order valence-electron chi connectivity index (χ0n) is 11.6. The first kappa shape index (κ1) is 13.8. The van der Waals surface area contributed by atoms with E-state index in [1.165, 1.54) is 12.8 Å². The summed E-state index contributed by atoms with van der Waals surface area (Å²) in [6, 6.07) is 1.08. The molecule has 1 aliphatic carbocycles. The highest BCUT2D eigenvalue weighted by molar-refractivity contribution is 5.79. The summed E-state index contributed by atoms with van der Waals surface area (Å²) in [6.45, 7) is 6.15. The Labute approximate surface area is 110 Å². The first-order chi connectivity index (χ1) is 8.59. The van der Waals surface area contributed by atoms with Crippen LogP contribution in [-0.2, 0) is 4.79 Å². The van der Waals surface area contributed by atoms with E-state index in [2.05, 4.69) is 17.1 Å². The summed E-state index contributed by atoms with van der Waals surface area (Å²) in [5.41, 5.74) is -0.681.